The maximum Gasteiger partial charge on any atom is 0.416 e. The van der Waals surface area contributed by atoms with E-state index in [0.29, 0.717) is 16.9 Å². The standard InChI is InChI=1S/C27H23F3N6O/c1-17-6-8-20(9-7-17)23-10-11-31-26-25(23)18(2)34-36(26)16-24(37)33-22-13-32-35(15-22)14-19-4-3-5-21(12-19)27(28,29)30/h3-13,15H,14,16H2,1-2H3,(H,33,37). The zero-order valence-electron chi connectivity index (χ0n) is 20.1. The number of benzene rings is 2. The summed E-state index contributed by atoms with van der Waals surface area (Å²) in [5, 5.41) is 12.3. The number of aryl methyl sites for hydroxylation is 2. The maximum absolute atomic E-state index is 13.0. The quantitative estimate of drug-likeness (QED) is 0.326. The van der Waals surface area contributed by atoms with Crippen molar-refractivity contribution in [2.24, 2.45) is 0 Å². The van der Waals surface area contributed by atoms with Crippen molar-refractivity contribution in [3.63, 3.8) is 0 Å². The molecular formula is C27H23F3N6O. The maximum atomic E-state index is 13.0. The largest absolute Gasteiger partial charge is 0.416 e. The van der Waals surface area contributed by atoms with E-state index in [-0.39, 0.29) is 19.0 Å². The molecule has 0 aliphatic carbocycles. The third-order valence-electron chi connectivity index (χ3n) is 5.98. The molecule has 0 aliphatic rings. The molecule has 0 spiro atoms. The van der Waals surface area contributed by atoms with Crippen LogP contribution in [0.4, 0.5) is 18.9 Å². The van der Waals surface area contributed by atoms with Crippen LogP contribution in [0.15, 0.2) is 73.2 Å². The fourth-order valence-corrected chi connectivity index (χ4v) is 4.25. The number of carbonyl (C=O) groups is 1. The third-order valence-corrected chi connectivity index (χ3v) is 5.98. The Morgan fingerprint density at radius 2 is 1.84 bits per heavy atom. The van der Waals surface area contributed by atoms with Crippen LogP contribution in [0.5, 0.6) is 0 Å². The summed E-state index contributed by atoms with van der Waals surface area (Å²) in [6, 6.07) is 15.2. The smallest absolute Gasteiger partial charge is 0.322 e. The van der Waals surface area contributed by atoms with Crippen molar-refractivity contribution in [3.05, 3.63) is 95.6 Å². The molecule has 7 nitrogen and oxygen atoms in total. The molecule has 0 fully saturated rings. The number of hydrogen-bond acceptors (Lipinski definition) is 4. The van der Waals surface area contributed by atoms with E-state index in [4.69, 9.17) is 0 Å². The first-order valence-electron chi connectivity index (χ1n) is 11.5. The van der Waals surface area contributed by atoms with E-state index in [2.05, 4.69) is 20.5 Å². The van der Waals surface area contributed by atoms with Gasteiger partial charge in [-0.05, 0) is 48.7 Å². The lowest BCUT2D eigenvalue weighted by atomic mass is 10.0. The Balaban J connectivity index is 1.30. The second-order valence-electron chi connectivity index (χ2n) is 8.84. The molecule has 0 saturated heterocycles. The molecule has 188 valence electrons. The van der Waals surface area contributed by atoms with Gasteiger partial charge < -0.3 is 5.32 Å². The molecule has 0 unspecified atom stereocenters. The minimum absolute atomic E-state index is 0.0620. The van der Waals surface area contributed by atoms with Crippen LogP contribution in [0.2, 0.25) is 0 Å². The van der Waals surface area contributed by atoms with Crippen molar-refractivity contribution in [2.75, 3.05) is 5.32 Å². The molecule has 2 aromatic carbocycles. The molecule has 0 atom stereocenters. The zero-order valence-corrected chi connectivity index (χ0v) is 20.1. The zero-order chi connectivity index (χ0) is 26.2. The van der Waals surface area contributed by atoms with E-state index in [1.165, 1.54) is 16.9 Å². The normalized spacial score (nSPS) is 11.7. The number of carbonyl (C=O) groups excluding carboxylic acids is 1. The first-order chi connectivity index (χ1) is 17.7. The summed E-state index contributed by atoms with van der Waals surface area (Å²) in [6.45, 7) is 3.98. The average molecular weight is 505 g/mol. The molecule has 0 bridgehead atoms. The van der Waals surface area contributed by atoms with Gasteiger partial charge in [-0.25, -0.2) is 9.67 Å². The van der Waals surface area contributed by atoms with Crippen molar-refractivity contribution in [3.8, 4) is 11.1 Å². The monoisotopic (exact) mass is 504 g/mol. The number of nitrogens with zero attached hydrogens (tertiary/aromatic N) is 5. The van der Waals surface area contributed by atoms with E-state index in [1.54, 1.807) is 23.1 Å². The third kappa shape index (κ3) is 5.23. The SMILES string of the molecule is Cc1ccc(-c2ccnc3c2c(C)nn3CC(=O)Nc2cnn(Cc3cccc(C(F)(F)F)c3)c2)cc1. The molecule has 5 rings (SSSR count). The molecule has 37 heavy (non-hydrogen) atoms. The van der Waals surface area contributed by atoms with Gasteiger partial charge in [-0.3, -0.25) is 9.48 Å². The number of aromatic nitrogens is 5. The second-order valence-corrected chi connectivity index (χ2v) is 8.84. The van der Waals surface area contributed by atoms with E-state index < -0.39 is 11.7 Å². The van der Waals surface area contributed by atoms with Gasteiger partial charge in [-0.1, -0.05) is 42.0 Å². The predicted molar refractivity (Wildman–Crippen MR) is 134 cm³/mol. The molecule has 5 aromatic rings. The van der Waals surface area contributed by atoms with Crippen LogP contribution in [-0.4, -0.2) is 30.5 Å². The Morgan fingerprint density at radius 1 is 1.05 bits per heavy atom. The molecule has 1 N–H and O–H groups in total. The van der Waals surface area contributed by atoms with Crippen molar-refractivity contribution in [1.29, 1.82) is 0 Å². The Kier molecular flexibility index (Phi) is 6.24. The van der Waals surface area contributed by atoms with Crippen LogP contribution in [0, 0.1) is 13.8 Å². The molecule has 10 heteroatoms. The Hall–Kier alpha value is -4.47. The molecular weight excluding hydrogens is 481 g/mol. The number of alkyl halides is 3. The van der Waals surface area contributed by atoms with Gasteiger partial charge in [0.05, 0.1) is 29.7 Å². The van der Waals surface area contributed by atoms with Gasteiger partial charge >= 0.3 is 6.18 Å². The first kappa shape index (κ1) is 24.2. The lowest BCUT2D eigenvalue weighted by Gasteiger charge is -2.08. The van der Waals surface area contributed by atoms with Crippen molar-refractivity contribution in [1.82, 2.24) is 24.5 Å². The molecule has 3 aromatic heterocycles. The van der Waals surface area contributed by atoms with Crippen LogP contribution in [0.25, 0.3) is 22.2 Å². The number of anilines is 1. The number of pyridine rings is 1. The lowest BCUT2D eigenvalue weighted by molar-refractivity contribution is -0.137. The Bertz CT molecular complexity index is 1580. The average Bonchev–Trinajstić information content (AvgIpc) is 3.42. The number of halogens is 3. The summed E-state index contributed by atoms with van der Waals surface area (Å²) in [5.74, 6) is -0.328. The number of rotatable bonds is 6. The summed E-state index contributed by atoms with van der Waals surface area (Å²) in [4.78, 5) is 17.3. The fourth-order valence-electron chi connectivity index (χ4n) is 4.25. The summed E-state index contributed by atoms with van der Waals surface area (Å²) in [6.07, 6.45) is 0.305. The number of amides is 1. The first-order valence-corrected chi connectivity index (χ1v) is 11.5. The number of fused-ring (bicyclic) bond motifs is 1. The van der Waals surface area contributed by atoms with E-state index in [9.17, 15) is 18.0 Å². The van der Waals surface area contributed by atoms with Gasteiger partial charge in [0.25, 0.3) is 0 Å². The van der Waals surface area contributed by atoms with Gasteiger partial charge in [-0.2, -0.15) is 23.4 Å². The summed E-state index contributed by atoms with van der Waals surface area (Å²) in [5.41, 5.74) is 4.72. The highest BCUT2D eigenvalue weighted by Crippen LogP contribution is 2.31. The van der Waals surface area contributed by atoms with Gasteiger partial charge in [-0.15, -0.1) is 0 Å². The van der Waals surface area contributed by atoms with Gasteiger partial charge in [0.2, 0.25) is 5.91 Å². The van der Waals surface area contributed by atoms with Crippen LogP contribution < -0.4 is 5.32 Å². The number of hydrogen-bond donors (Lipinski definition) is 1. The van der Waals surface area contributed by atoms with Gasteiger partial charge in [0.15, 0.2) is 5.65 Å². The predicted octanol–water partition coefficient (Wildman–Crippen LogP) is 5.62. The summed E-state index contributed by atoms with van der Waals surface area (Å²) < 4.78 is 41.9. The van der Waals surface area contributed by atoms with Crippen LogP contribution in [0.1, 0.15) is 22.4 Å². The Labute approximate surface area is 210 Å². The Morgan fingerprint density at radius 3 is 2.59 bits per heavy atom. The van der Waals surface area contributed by atoms with Crippen LogP contribution in [0.3, 0.4) is 0 Å². The minimum atomic E-state index is -4.41. The van der Waals surface area contributed by atoms with Crippen molar-refractivity contribution in [2.45, 2.75) is 33.1 Å². The second kappa shape index (κ2) is 9.53. The lowest BCUT2D eigenvalue weighted by Crippen LogP contribution is -2.19. The summed E-state index contributed by atoms with van der Waals surface area (Å²) in [7, 11) is 0. The number of nitrogens with one attached hydrogen (secondary N) is 1. The molecule has 1 amide bonds. The van der Waals surface area contributed by atoms with Crippen LogP contribution in [-0.2, 0) is 24.1 Å². The van der Waals surface area contributed by atoms with E-state index in [0.717, 1.165) is 39.9 Å². The molecule has 3 heterocycles. The molecule has 0 radical (unpaired) electrons. The topological polar surface area (TPSA) is 77.6 Å². The van der Waals surface area contributed by atoms with Crippen molar-refractivity contribution >= 4 is 22.6 Å². The van der Waals surface area contributed by atoms with E-state index in [1.807, 2.05) is 44.2 Å². The minimum Gasteiger partial charge on any atom is -0.322 e. The van der Waals surface area contributed by atoms with E-state index >= 15 is 0 Å². The highest BCUT2D eigenvalue weighted by atomic mass is 19.4. The summed E-state index contributed by atoms with van der Waals surface area (Å²) >= 11 is 0. The fraction of sp³-hybridized carbons (Fsp3) is 0.185. The highest BCUT2D eigenvalue weighted by Gasteiger charge is 2.30. The molecule has 0 saturated carbocycles. The van der Waals surface area contributed by atoms with Gasteiger partial charge in [0.1, 0.15) is 6.54 Å². The molecule has 0 aliphatic heterocycles. The van der Waals surface area contributed by atoms with Crippen molar-refractivity contribution < 1.29 is 18.0 Å². The van der Waals surface area contributed by atoms with Crippen LogP contribution >= 0.6 is 0 Å². The highest BCUT2D eigenvalue weighted by molar-refractivity contribution is 5.96. The van der Waals surface area contributed by atoms with Gasteiger partial charge in [0, 0.05) is 17.8 Å².